The molecular weight excluding hydrogens is 154 g/mol. The van der Waals surface area contributed by atoms with Crippen LogP contribution >= 0.6 is 11.8 Å². The van der Waals surface area contributed by atoms with Gasteiger partial charge in [0, 0.05) is 11.3 Å². The van der Waals surface area contributed by atoms with Gasteiger partial charge < -0.3 is 5.73 Å². The van der Waals surface area contributed by atoms with Gasteiger partial charge in [-0.15, -0.1) is 0 Å². The molecule has 0 amide bonds. The summed E-state index contributed by atoms with van der Waals surface area (Å²) in [6.07, 6.45) is 6.13. The van der Waals surface area contributed by atoms with Crippen LogP contribution in [0.15, 0.2) is 0 Å². The van der Waals surface area contributed by atoms with Gasteiger partial charge in [-0.1, -0.05) is 20.3 Å². The lowest BCUT2D eigenvalue weighted by atomic mass is 9.73. The Kier molecular flexibility index (Phi) is 2.87. The van der Waals surface area contributed by atoms with Crippen LogP contribution in [-0.4, -0.2) is 17.5 Å². The van der Waals surface area contributed by atoms with E-state index in [0.29, 0.717) is 16.7 Å². The van der Waals surface area contributed by atoms with Gasteiger partial charge in [0.15, 0.2) is 0 Å². The average molecular weight is 173 g/mol. The summed E-state index contributed by atoms with van der Waals surface area (Å²) in [6, 6.07) is 0.395. The zero-order valence-corrected chi connectivity index (χ0v) is 8.58. The fourth-order valence-electron chi connectivity index (χ4n) is 1.87. The molecule has 2 unspecified atom stereocenters. The summed E-state index contributed by atoms with van der Waals surface area (Å²) in [5, 5.41) is 0.693. The maximum absolute atomic E-state index is 6.15. The Labute approximate surface area is 74.1 Å². The molecule has 1 nitrogen and oxygen atoms in total. The SMILES string of the molecule is CSC1CCCC(C)(C)C1N. The first kappa shape index (κ1) is 9.40. The molecule has 1 fully saturated rings. The number of hydrogen-bond donors (Lipinski definition) is 1. The molecule has 2 heteroatoms. The molecule has 0 radical (unpaired) electrons. The number of rotatable bonds is 1. The summed E-state index contributed by atoms with van der Waals surface area (Å²) in [7, 11) is 0. The molecule has 66 valence electrons. The van der Waals surface area contributed by atoms with E-state index in [9.17, 15) is 0 Å². The predicted octanol–water partition coefficient (Wildman–Crippen LogP) is 2.26. The van der Waals surface area contributed by atoms with Crippen LogP contribution in [0.3, 0.4) is 0 Å². The second-order valence-corrected chi connectivity index (χ2v) is 5.26. The van der Waals surface area contributed by atoms with Gasteiger partial charge in [-0.05, 0) is 24.5 Å². The third kappa shape index (κ3) is 1.91. The average Bonchev–Trinajstić information content (AvgIpc) is 1.95. The van der Waals surface area contributed by atoms with Crippen molar-refractivity contribution in [2.75, 3.05) is 6.26 Å². The minimum Gasteiger partial charge on any atom is -0.326 e. The van der Waals surface area contributed by atoms with Crippen molar-refractivity contribution in [3.63, 3.8) is 0 Å². The van der Waals surface area contributed by atoms with E-state index in [1.165, 1.54) is 19.3 Å². The molecule has 1 aliphatic rings. The molecular formula is C9H19NS. The minimum atomic E-state index is 0.367. The van der Waals surface area contributed by atoms with Crippen LogP contribution < -0.4 is 5.73 Å². The Morgan fingerprint density at radius 3 is 2.55 bits per heavy atom. The van der Waals surface area contributed by atoms with Gasteiger partial charge in [-0.2, -0.15) is 11.8 Å². The minimum absolute atomic E-state index is 0.367. The number of nitrogens with two attached hydrogens (primary N) is 1. The quantitative estimate of drug-likeness (QED) is 0.658. The zero-order valence-electron chi connectivity index (χ0n) is 7.76. The molecule has 0 aromatic heterocycles. The molecule has 0 aromatic rings. The van der Waals surface area contributed by atoms with Crippen molar-refractivity contribution >= 4 is 11.8 Å². The largest absolute Gasteiger partial charge is 0.326 e. The summed E-state index contributed by atoms with van der Waals surface area (Å²) in [5.74, 6) is 0. The zero-order chi connectivity index (χ0) is 8.48. The normalized spacial score (nSPS) is 37.1. The van der Waals surface area contributed by atoms with Crippen molar-refractivity contribution in [3.8, 4) is 0 Å². The molecule has 1 rings (SSSR count). The Bertz CT molecular complexity index is 134. The maximum Gasteiger partial charge on any atom is 0.0210 e. The lowest BCUT2D eigenvalue weighted by Crippen LogP contribution is -2.48. The van der Waals surface area contributed by atoms with Crippen LogP contribution in [0, 0.1) is 5.41 Å². The number of thioether (sulfide) groups is 1. The first-order chi connectivity index (χ1) is 5.08. The van der Waals surface area contributed by atoms with Crippen molar-refractivity contribution in [2.24, 2.45) is 11.1 Å². The van der Waals surface area contributed by atoms with E-state index in [-0.39, 0.29) is 0 Å². The van der Waals surface area contributed by atoms with E-state index in [2.05, 4.69) is 20.1 Å². The Morgan fingerprint density at radius 1 is 1.45 bits per heavy atom. The third-order valence-corrected chi connectivity index (χ3v) is 4.05. The molecule has 0 bridgehead atoms. The highest BCUT2D eigenvalue weighted by Gasteiger charge is 2.35. The molecule has 11 heavy (non-hydrogen) atoms. The predicted molar refractivity (Wildman–Crippen MR) is 52.9 cm³/mol. The first-order valence-electron chi connectivity index (χ1n) is 4.36. The lowest BCUT2D eigenvalue weighted by Gasteiger charge is -2.41. The summed E-state index contributed by atoms with van der Waals surface area (Å²) in [6.45, 7) is 4.58. The van der Waals surface area contributed by atoms with Crippen LogP contribution in [0.5, 0.6) is 0 Å². The molecule has 0 saturated heterocycles. The van der Waals surface area contributed by atoms with Crippen molar-refractivity contribution in [3.05, 3.63) is 0 Å². The van der Waals surface area contributed by atoms with Gasteiger partial charge in [0.1, 0.15) is 0 Å². The van der Waals surface area contributed by atoms with Gasteiger partial charge in [0.25, 0.3) is 0 Å². The summed E-state index contributed by atoms with van der Waals surface area (Å²) >= 11 is 1.93. The van der Waals surface area contributed by atoms with Crippen molar-refractivity contribution < 1.29 is 0 Å². The number of hydrogen-bond acceptors (Lipinski definition) is 2. The highest BCUT2D eigenvalue weighted by atomic mass is 32.2. The van der Waals surface area contributed by atoms with Crippen LogP contribution in [0.2, 0.25) is 0 Å². The van der Waals surface area contributed by atoms with E-state index in [0.717, 1.165) is 0 Å². The van der Waals surface area contributed by atoms with Gasteiger partial charge >= 0.3 is 0 Å². The summed E-state index contributed by atoms with van der Waals surface area (Å²) in [5.41, 5.74) is 6.51. The van der Waals surface area contributed by atoms with Crippen molar-refractivity contribution in [1.29, 1.82) is 0 Å². The standard InChI is InChI=1S/C9H19NS/c1-9(2)6-4-5-7(11-3)8(9)10/h7-8H,4-6,10H2,1-3H3. The third-order valence-electron chi connectivity index (χ3n) is 2.92. The second-order valence-electron chi connectivity index (χ2n) is 4.18. The molecule has 0 aromatic carbocycles. The van der Waals surface area contributed by atoms with E-state index in [1.807, 2.05) is 11.8 Å². The van der Waals surface area contributed by atoms with Gasteiger partial charge in [0.2, 0.25) is 0 Å². The Morgan fingerprint density at radius 2 is 2.09 bits per heavy atom. The summed E-state index contributed by atoms with van der Waals surface area (Å²) in [4.78, 5) is 0. The Balaban J connectivity index is 2.60. The topological polar surface area (TPSA) is 26.0 Å². The van der Waals surface area contributed by atoms with Gasteiger partial charge in [-0.25, -0.2) is 0 Å². The summed E-state index contributed by atoms with van der Waals surface area (Å²) < 4.78 is 0. The Hall–Kier alpha value is 0.310. The van der Waals surface area contributed by atoms with E-state index in [1.54, 1.807) is 0 Å². The molecule has 0 spiro atoms. The van der Waals surface area contributed by atoms with E-state index < -0.39 is 0 Å². The van der Waals surface area contributed by atoms with E-state index >= 15 is 0 Å². The molecule has 2 N–H and O–H groups in total. The van der Waals surface area contributed by atoms with Gasteiger partial charge in [-0.3, -0.25) is 0 Å². The van der Waals surface area contributed by atoms with E-state index in [4.69, 9.17) is 5.73 Å². The maximum atomic E-state index is 6.15. The van der Waals surface area contributed by atoms with Crippen LogP contribution in [0.4, 0.5) is 0 Å². The monoisotopic (exact) mass is 173 g/mol. The van der Waals surface area contributed by atoms with Crippen LogP contribution in [0.1, 0.15) is 33.1 Å². The first-order valence-corrected chi connectivity index (χ1v) is 5.65. The molecule has 1 aliphatic carbocycles. The van der Waals surface area contributed by atoms with Crippen LogP contribution in [-0.2, 0) is 0 Å². The molecule has 0 heterocycles. The highest BCUT2D eigenvalue weighted by Crippen LogP contribution is 2.38. The molecule has 2 atom stereocenters. The van der Waals surface area contributed by atoms with Crippen LogP contribution in [0.25, 0.3) is 0 Å². The van der Waals surface area contributed by atoms with Crippen molar-refractivity contribution in [2.45, 2.75) is 44.4 Å². The second kappa shape index (κ2) is 3.36. The van der Waals surface area contributed by atoms with Gasteiger partial charge in [0.05, 0.1) is 0 Å². The highest BCUT2D eigenvalue weighted by molar-refractivity contribution is 7.99. The van der Waals surface area contributed by atoms with Crippen molar-refractivity contribution in [1.82, 2.24) is 0 Å². The fourth-order valence-corrected chi connectivity index (χ4v) is 2.94. The lowest BCUT2D eigenvalue weighted by molar-refractivity contribution is 0.209. The smallest absolute Gasteiger partial charge is 0.0210 e. The molecule has 0 aliphatic heterocycles. The fraction of sp³-hybridized carbons (Fsp3) is 1.00. The molecule has 1 saturated carbocycles.